The number of para-hydroxylation sites is 2. The predicted octanol–water partition coefficient (Wildman–Crippen LogP) is 4.78. The number of alkyl carbamates (subject to hydrolysis) is 1. The van der Waals surface area contributed by atoms with Gasteiger partial charge in [-0.05, 0) is 78.5 Å². The molecular weight excluding hydrogens is 524 g/mol. The Morgan fingerprint density at radius 1 is 0.951 bits per heavy atom. The minimum Gasteiger partial charge on any atom is -0.507 e. The largest absolute Gasteiger partial charge is 0.507 e. The van der Waals surface area contributed by atoms with E-state index in [0.29, 0.717) is 17.7 Å². The molecule has 0 radical (unpaired) electrons. The summed E-state index contributed by atoms with van der Waals surface area (Å²) >= 11 is 0. The van der Waals surface area contributed by atoms with E-state index in [4.69, 9.17) is 10.5 Å². The molecule has 0 heterocycles. The molecule has 0 aromatic heterocycles. The fourth-order valence-electron chi connectivity index (χ4n) is 4.47. The number of ether oxygens (including phenoxy) is 1. The number of phenols is 1. The highest BCUT2D eigenvalue weighted by Gasteiger charge is 2.44. The number of rotatable bonds is 10. The molecule has 0 aliphatic carbocycles. The van der Waals surface area contributed by atoms with E-state index in [0.717, 1.165) is 11.1 Å². The summed E-state index contributed by atoms with van der Waals surface area (Å²) in [4.78, 5) is 54.7. The third-order valence-electron chi connectivity index (χ3n) is 6.95. The van der Waals surface area contributed by atoms with Crippen LogP contribution in [0.5, 0.6) is 5.75 Å². The number of carbonyl (C=O) groups is 4. The smallest absolute Gasteiger partial charge is 0.408 e. The molecule has 10 nitrogen and oxygen atoms in total. The van der Waals surface area contributed by atoms with E-state index >= 15 is 0 Å². The van der Waals surface area contributed by atoms with Crippen LogP contribution in [0, 0.1) is 20.8 Å². The number of carbonyl (C=O) groups excluding carboxylic acids is 4. The number of primary amides is 1. The van der Waals surface area contributed by atoms with E-state index in [2.05, 4.69) is 10.6 Å². The number of anilines is 1. The van der Waals surface area contributed by atoms with Crippen molar-refractivity contribution in [1.82, 2.24) is 10.2 Å². The molecule has 4 amide bonds. The van der Waals surface area contributed by atoms with Crippen LogP contribution < -0.4 is 16.4 Å². The van der Waals surface area contributed by atoms with Gasteiger partial charge in [0, 0.05) is 16.8 Å². The van der Waals surface area contributed by atoms with Gasteiger partial charge in [-0.25, -0.2) is 4.79 Å². The van der Waals surface area contributed by atoms with Crippen molar-refractivity contribution >= 4 is 29.5 Å². The van der Waals surface area contributed by atoms with Crippen LogP contribution in [-0.2, 0) is 19.1 Å². The number of amides is 4. The van der Waals surface area contributed by atoms with E-state index in [-0.39, 0.29) is 11.3 Å². The summed E-state index contributed by atoms with van der Waals surface area (Å²) < 4.78 is 5.33. The van der Waals surface area contributed by atoms with Crippen LogP contribution in [0.4, 0.5) is 10.5 Å². The average Bonchev–Trinajstić information content (AvgIpc) is 2.84. The van der Waals surface area contributed by atoms with E-state index in [9.17, 15) is 24.3 Å². The first-order chi connectivity index (χ1) is 18.9. The van der Waals surface area contributed by atoms with Crippen molar-refractivity contribution in [3.8, 4) is 5.75 Å². The van der Waals surface area contributed by atoms with Crippen molar-refractivity contribution in [3.05, 3.63) is 58.7 Å². The number of aryl methyl sites for hydroxylation is 3. The Kier molecular flexibility index (Phi) is 10.5. The van der Waals surface area contributed by atoms with Crippen molar-refractivity contribution in [2.75, 3.05) is 5.32 Å². The predicted molar refractivity (Wildman–Crippen MR) is 158 cm³/mol. The summed E-state index contributed by atoms with van der Waals surface area (Å²) in [5.74, 6) is -2.29. The van der Waals surface area contributed by atoms with Crippen LogP contribution in [0.3, 0.4) is 0 Å². The Balaban J connectivity index is 2.76. The second kappa shape index (κ2) is 13.1. The van der Waals surface area contributed by atoms with Crippen molar-refractivity contribution in [2.45, 2.75) is 98.4 Å². The Bertz CT molecular complexity index is 1280. The molecule has 0 fully saturated rings. The molecule has 0 aliphatic rings. The molecule has 2 rings (SSSR count). The van der Waals surface area contributed by atoms with Gasteiger partial charge in [0.25, 0.3) is 5.91 Å². The minimum absolute atomic E-state index is 0.148. The molecule has 41 heavy (non-hydrogen) atoms. The molecule has 10 heteroatoms. The lowest BCUT2D eigenvalue weighted by Gasteiger charge is -2.44. The zero-order valence-corrected chi connectivity index (χ0v) is 25.5. The van der Waals surface area contributed by atoms with Gasteiger partial charge < -0.3 is 31.1 Å². The second-order valence-corrected chi connectivity index (χ2v) is 11.9. The highest BCUT2D eigenvalue weighted by molar-refractivity contribution is 6.01. The lowest BCUT2D eigenvalue weighted by Crippen LogP contribution is -2.59. The molecule has 0 bridgehead atoms. The molecule has 2 aromatic carbocycles. The zero-order chi connectivity index (χ0) is 31.3. The first-order valence-electron chi connectivity index (χ1n) is 13.7. The maximum atomic E-state index is 14.4. The monoisotopic (exact) mass is 568 g/mol. The molecular formula is C31H44N4O6. The number of nitrogens with two attached hydrogens (primary N) is 1. The highest BCUT2D eigenvalue weighted by atomic mass is 16.6. The van der Waals surface area contributed by atoms with Gasteiger partial charge in [-0.1, -0.05) is 43.3 Å². The molecule has 5 N–H and O–H groups in total. The zero-order valence-electron chi connectivity index (χ0n) is 25.5. The van der Waals surface area contributed by atoms with Gasteiger partial charge in [-0.15, -0.1) is 0 Å². The quantitative estimate of drug-likeness (QED) is 0.324. The maximum absolute atomic E-state index is 14.4. The molecule has 0 spiro atoms. The van der Waals surface area contributed by atoms with Crippen molar-refractivity contribution in [3.63, 3.8) is 0 Å². The number of hydrogen-bond donors (Lipinski definition) is 4. The van der Waals surface area contributed by atoms with Gasteiger partial charge in [-0.2, -0.15) is 0 Å². The fourth-order valence-corrected chi connectivity index (χ4v) is 4.47. The van der Waals surface area contributed by atoms with Gasteiger partial charge in [0.2, 0.25) is 11.8 Å². The van der Waals surface area contributed by atoms with E-state index < -0.39 is 53.5 Å². The normalized spacial score (nSPS) is 13.1. The standard InChI is InChI=1S/C31H44N4O6/c1-10-31(8,9)35(28(39)22(17-23(32)36)33-29(40)41-30(5,6)7)25(21-16-12-15-20(4)26(21)37)27(38)34-24-18(2)13-11-14-19(24)3/h11-16,22,25,37H,10,17H2,1-9H3,(H2,32,36)(H,33,40)(H,34,38). The van der Waals surface area contributed by atoms with Crippen LogP contribution in [0.25, 0.3) is 0 Å². The van der Waals surface area contributed by atoms with Crippen LogP contribution in [0.1, 0.15) is 82.7 Å². The van der Waals surface area contributed by atoms with E-state index in [1.807, 2.05) is 39.0 Å². The van der Waals surface area contributed by atoms with Crippen LogP contribution in [-0.4, -0.2) is 51.0 Å². The average molecular weight is 569 g/mol. The SMILES string of the molecule is CCC(C)(C)N(C(=O)C(CC(N)=O)NC(=O)OC(C)(C)C)C(C(=O)Nc1c(C)cccc1C)c1cccc(C)c1O. The molecule has 0 aliphatic heterocycles. The Hall–Kier alpha value is -4.08. The minimum atomic E-state index is -1.43. The third kappa shape index (κ3) is 8.45. The summed E-state index contributed by atoms with van der Waals surface area (Å²) in [6.45, 7) is 15.8. The Labute approximate surface area is 242 Å². The first-order valence-corrected chi connectivity index (χ1v) is 13.7. The van der Waals surface area contributed by atoms with E-state index in [1.54, 1.807) is 59.7 Å². The summed E-state index contributed by atoms with van der Waals surface area (Å²) in [6.07, 6.45) is -1.05. The lowest BCUT2D eigenvalue weighted by molar-refractivity contribution is -0.148. The topological polar surface area (TPSA) is 151 Å². The third-order valence-corrected chi connectivity index (χ3v) is 6.95. The van der Waals surface area contributed by atoms with Gasteiger partial charge in [-0.3, -0.25) is 14.4 Å². The van der Waals surface area contributed by atoms with Crippen LogP contribution >= 0.6 is 0 Å². The van der Waals surface area contributed by atoms with Crippen molar-refractivity contribution in [2.24, 2.45) is 5.73 Å². The summed E-state index contributed by atoms with van der Waals surface area (Å²) in [7, 11) is 0. The Morgan fingerprint density at radius 3 is 2.00 bits per heavy atom. The molecule has 2 unspecified atom stereocenters. The molecule has 2 atom stereocenters. The molecule has 0 saturated heterocycles. The Morgan fingerprint density at radius 2 is 1.49 bits per heavy atom. The summed E-state index contributed by atoms with van der Waals surface area (Å²) in [5, 5.41) is 16.6. The fraction of sp³-hybridized carbons (Fsp3) is 0.484. The van der Waals surface area contributed by atoms with Gasteiger partial charge in [0.15, 0.2) is 0 Å². The lowest BCUT2D eigenvalue weighted by atomic mass is 9.90. The maximum Gasteiger partial charge on any atom is 0.408 e. The molecule has 2 aromatic rings. The highest BCUT2D eigenvalue weighted by Crippen LogP contribution is 2.38. The van der Waals surface area contributed by atoms with Crippen LogP contribution in [0.15, 0.2) is 36.4 Å². The van der Waals surface area contributed by atoms with Gasteiger partial charge >= 0.3 is 6.09 Å². The van der Waals surface area contributed by atoms with Crippen molar-refractivity contribution in [1.29, 1.82) is 0 Å². The van der Waals surface area contributed by atoms with Gasteiger partial charge in [0.05, 0.1) is 6.42 Å². The summed E-state index contributed by atoms with van der Waals surface area (Å²) in [5.41, 5.74) is 6.54. The van der Waals surface area contributed by atoms with Crippen molar-refractivity contribution < 1.29 is 29.0 Å². The summed E-state index contributed by atoms with van der Waals surface area (Å²) in [6, 6.07) is 7.76. The number of benzene rings is 2. The first kappa shape index (κ1) is 33.1. The number of aromatic hydroxyl groups is 1. The second-order valence-electron chi connectivity index (χ2n) is 11.9. The number of nitrogens with one attached hydrogen (secondary N) is 2. The molecule has 0 saturated carbocycles. The van der Waals surface area contributed by atoms with Crippen LogP contribution in [0.2, 0.25) is 0 Å². The molecule has 224 valence electrons. The number of hydrogen-bond acceptors (Lipinski definition) is 6. The number of nitrogens with zero attached hydrogens (tertiary/aromatic N) is 1. The number of phenolic OH excluding ortho intramolecular Hbond substituents is 1. The van der Waals surface area contributed by atoms with E-state index in [1.165, 1.54) is 4.90 Å². The van der Waals surface area contributed by atoms with Gasteiger partial charge in [0.1, 0.15) is 23.4 Å².